The molecule has 0 aliphatic heterocycles. The third-order valence-electron chi connectivity index (χ3n) is 10.8. The number of hydrogen-bond donors (Lipinski definition) is 3. The minimum Gasteiger partial charge on any atom is -0.462 e. The van der Waals surface area contributed by atoms with Crippen LogP contribution in [0.5, 0.6) is 0 Å². The maximum atomic E-state index is 13.1. The van der Waals surface area contributed by atoms with Gasteiger partial charge in [-0.1, -0.05) is 186 Å². The van der Waals surface area contributed by atoms with Gasteiger partial charge in [-0.25, -0.2) is 0 Å². The fourth-order valence-corrected chi connectivity index (χ4v) is 7.11. The molecular formula is C48H91NO5. The van der Waals surface area contributed by atoms with E-state index in [-0.39, 0.29) is 24.9 Å². The first kappa shape index (κ1) is 52.3. The molecule has 0 aliphatic carbocycles. The van der Waals surface area contributed by atoms with Crippen LogP contribution >= 0.6 is 0 Å². The summed E-state index contributed by atoms with van der Waals surface area (Å²) in [5, 5.41) is 23.5. The van der Waals surface area contributed by atoms with Gasteiger partial charge in [-0.15, -0.1) is 0 Å². The lowest BCUT2D eigenvalue weighted by atomic mass is 10.0. The van der Waals surface area contributed by atoms with Gasteiger partial charge in [-0.05, 0) is 70.6 Å². The third kappa shape index (κ3) is 37.3. The molecule has 0 bridgehead atoms. The highest BCUT2D eigenvalue weighted by atomic mass is 16.5. The van der Waals surface area contributed by atoms with Crippen LogP contribution in [0.15, 0.2) is 24.3 Å². The molecule has 54 heavy (non-hydrogen) atoms. The normalized spacial score (nSPS) is 13.5. The lowest BCUT2D eigenvalue weighted by Gasteiger charge is -2.24. The number of carbonyl (C=O) groups excluding carboxylic acids is 2. The molecule has 0 rings (SSSR count). The monoisotopic (exact) mass is 762 g/mol. The lowest BCUT2D eigenvalue weighted by Crippen LogP contribution is -2.46. The zero-order valence-corrected chi connectivity index (χ0v) is 36.1. The molecule has 0 saturated heterocycles. The van der Waals surface area contributed by atoms with Gasteiger partial charge in [0.2, 0.25) is 5.91 Å². The molecular weight excluding hydrogens is 671 g/mol. The Labute approximate surface area is 335 Å². The van der Waals surface area contributed by atoms with Gasteiger partial charge in [-0.2, -0.15) is 0 Å². The summed E-state index contributed by atoms with van der Waals surface area (Å²) in [5.41, 5.74) is 0. The highest BCUT2D eigenvalue weighted by Crippen LogP contribution is 2.17. The summed E-state index contributed by atoms with van der Waals surface area (Å²) in [4.78, 5) is 25.9. The first-order chi connectivity index (χ1) is 26.5. The fraction of sp³-hybridized carbons (Fsp3) is 0.875. The average Bonchev–Trinajstić information content (AvgIpc) is 3.16. The van der Waals surface area contributed by atoms with Crippen molar-refractivity contribution < 1.29 is 24.5 Å². The van der Waals surface area contributed by atoms with E-state index in [1.54, 1.807) is 0 Å². The van der Waals surface area contributed by atoms with Gasteiger partial charge in [0.1, 0.15) is 6.10 Å². The summed E-state index contributed by atoms with van der Waals surface area (Å²) in [6.45, 7) is 6.41. The highest BCUT2D eigenvalue weighted by Gasteiger charge is 2.24. The Hall–Kier alpha value is -1.66. The van der Waals surface area contributed by atoms with Crippen molar-refractivity contribution >= 4 is 11.9 Å². The summed E-state index contributed by atoms with van der Waals surface area (Å²) < 4.78 is 5.89. The number of unbranched alkanes of at least 4 members (excludes halogenated alkanes) is 26. The zero-order chi connectivity index (χ0) is 39.6. The van der Waals surface area contributed by atoms with E-state index in [9.17, 15) is 19.8 Å². The van der Waals surface area contributed by atoms with Crippen LogP contribution in [0.3, 0.4) is 0 Å². The van der Waals surface area contributed by atoms with Gasteiger partial charge >= 0.3 is 5.97 Å². The first-order valence-electron chi connectivity index (χ1n) is 23.6. The predicted octanol–water partition coefficient (Wildman–Crippen LogP) is 13.6. The maximum Gasteiger partial charge on any atom is 0.306 e. The summed E-state index contributed by atoms with van der Waals surface area (Å²) in [6, 6.07) is -0.700. The summed E-state index contributed by atoms with van der Waals surface area (Å²) >= 11 is 0. The summed E-state index contributed by atoms with van der Waals surface area (Å²) in [7, 11) is 0. The van der Waals surface area contributed by atoms with Crippen molar-refractivity contribution in [3.63, 3.8) is 0 Å². The number of esters is 1. The van der Waals surface area contributed by atoms with E-state index in [1.165, 1.54) is 128 Å². The van der Waals surface area contributed by atoms with Gasteiger partial charge in [0, 0.05) is 6.42 Å². The van der Waals surface area contributed by atoms with Crippen molar-refractivity contribution in [1.82, 2.24) is 5.32 Å². The minimum absolute atomic E-state index is 0.0676. The second-order valence-corrected chi connectivity index (χ2v) is 16.2. The molecule has 0 fully saturated rings. The smallest absolute Gasteiger partial charge is 0.306 e. The molecule has 6 heteroatoms. The third-order valence-corrected chi connectivity index (χ3v) is 10.8. The molecule has 0 aromatic rings. The quantitative estimate of drug-likeness (QED) is 0.0327. The van der Waals surface area contributed by atoms with Crippen molar-refractivity contribution in [2.75, 3.05) is 6.61 Å². The molecule has 0 aliphatic rings. The maximum absolute atomic E-state index is 13.1. The minimum atomic E-state index is -0.786. The van der Waals surface area contributed by atoms with Gasteiger partial charge < -0.3 is 20.3 Å². The Morgan fingerprint density at radius 3 is 1.39 bits per heavy atom. The molecule has 1 amide bonds. The number of nitrogens with one attached hydrogen (secondary N) is 1. The number of carbonyl (C=O) groups is 2. The number of hydrogen-bond acceptors (Lipinski definition) is 5. The van der Waals surface area contributed by atoms with Crippen molar-refractivity contribution in [1.29, 1.82) is 0 Å². The van der Waals surface area contributed by atoms with Crippen LogP contribution in [0.4, 0.5) is 0 Å². The SMILES string of the molecule is CCCC/C=C\CCCCCC(CC(=O)NC(CO)C(O)CCCCCCCCCCC)OC(=O)CCCCCCCCC/C=C/CCCCCCCC. The van der Waals surface area contributed by atoms with E-state index in [4.69, 9.17) is 4.74 Å². The Bertz CT molecular complexity index is 858. The van der Waals surface area contributed by atoms with Gasteiger partial charge in [0.25, 0.3) is 0 Å². The molecule has 318 valence electrons. The summed E-state index contributed by atoms with van der Waals surface area (Å²) in [5.74, 6) is -0.492. The number of allylic oxidation sites excluding steroid dienone is 4. The standard InChI is InChI=1S/C48H91NO5/c1-4-7-10-13-16-19-20-21-22-23-24-25-26-29-32-35-38-41-48(53)54-44(39-36-33-30-27-17-14-11-8-5-2)42-47(52)49-45(43-50)46(51)40-37-34-31-28-18-15-12-9-6-3/h14,17,21-22,44-46,50-51H,4-13,15-16,18-20,23-43H2,1-3H3,(H,49,52)/b17-14-,22-21+. The second kappa shape index (κ2) is 42.5. The molecule has 3 atom stereocenters. The Balaban J connectivity index is 4.47. The van der Waals surface area contributed by atoms with Gasteiger partial charge in [-0.3, -0.25) is 9.59 Å². The van der Waals surface area contributed by atoms with Crippen molar-refractivity contribution in [2.24, 2.45) is 0 Å². The molecule has 0 aromatic carbocycles. The summed E-state index contributed by atoms with van der Waals surface area (Å²) in [6.07, 6.45) is 46.8. The Kier molecular flexibility index (Phi) is 41.2. The highest BCUT2D eigenvalue weighted by molar-refractivity contribution is 5.77. The van der Waals surface area contributed by atoms with Crippen LogP contribution in [-0.4, -0.2) is 46.9 Å². The molecule has 0 heterocycles. The molecule has 0 saturated carbocycles. The van der Waals surface area contributed by atoms with Gasteiger partial charge in [0.15, 0.2) is 0 Å². The first-order valence-corrected chi connectivity index (χ1v) is 23.6. The molecule has 0 radical (unpaired) electrons. The lowest BCUT2D eigenvalue weighted by molar-refractivity contribution is -0.151. The molecule has 3 unspecified atom stereocenters. The Morgan fingerprint density at radius 2 is 0.907 bits per heavy atom. The van der Waals surface area contributed by atoms with E-state index in [0.717, 1.165) is 70.6 Å². The average molecular weight is 762 g/mol. The number of rotatable bonds is 42. The molecule has 0 spiro atoms. The number of aliphatic hydroxyl groups excluding tert-OH is 2. The Morgan fingerprint density at radius 1 is 0.519 bits per heavy atom. The molecule has 6 nitrogen and oxygen atoms in total. The van der Waals surface area contributed by atoms with Crippen LogP contribution < -0.4 is 5.32 Å². The number of aliphatic hydroxyl groups is 2. The van der Waals surface area contributed by atoms with E-state index >= 15 is 0 Å². The van der Waals surface area contributed by atoms with E-state index < -0.39 is 18.2 Å². The second-order valence-electron chi connectivity index (χ2n) is 16.2. The van der Waals surface area contributed by atoms with E-state index in [2.05, 4.69) is 50.4 Å². The van der Waals surface area contributed by atoms with Crippen molar-refractivity contribution in [3.05, 3.63) is 24.3 Å². The van der Waals surface area contributed by atoms with E-state index in [0.29, 0.717) is 19.3 Å². The fourth-order valence-electron chi connectivity index (χ4n) is 7.11. The van der Waals surface area contributed by atoms with Crippen LogP contribution in [0.25, 0.3) is 0 Å². The zero-order valence-electron chi connectivity index (χ0n) is 36.1. The topological polar surface area (TPSA) is 95.9 Å². The molecule has 0 aromatic heterocycles. The van der Waals surface area contributed by atoms with Crippen LogP contribution in [-0.2, 0) is 14.3 Å². The van der Waals surface area contributed by atoms with Crippen molar-refractivity contribution in [2.45, 2.75) is 264 Å². The van der Waals surface area contributed by atoms with Crippen LogP contribution in [0.1, 0.15) is 245 Å². The van der Waals surface area contributed by atoms with Crippen molar-refractivity contribution in [3.8, 4) is 0 Å². The van der Waals surface area contributed by atoms with Crippen LogP contribution in [0, 0.1) is 0 Å². The van der Waals surface area contributed by atoms with E-state index in [1.807, 2.05) is 0 Å². The number of amides is 1. The predicted molar refractivity (Wildman–Crippen MR) is 232 cm³/mol. The van der Waals surface area contributed by atoms with Gasteiger partial charge in [0.05, 0.1) is 25.2 Å². The molecule has 3 N–H and O–H groups in total. The van der Waals surface area contributed by atoms with Crippen LogP contribution in [0.2, 0.25) is 0 Å². The number of ether oxygens (including phenoxy) is 1. The largest absolute Gasteiger partial charge is 0.462 e.